The molecule has 39 heavy (non-hydrogen) atoms. The fourth-order valence-corrected chi connectivity index (χ4v) is 5.59. The predicted molar refractivity (Wildman–Crippen MR) is 154 cm³/mol. The van der Waals surface area contributed by atoms with Gasteiger partial charge >= 0.3 is 5.97 Å². The minimum Gasteiger partial charge on any atom is -0.489 e. The molecule has 4 aromatic rings. The lowest BCUT2D eigenvalue weighted by Crippen LogP contribution is -2.39. The summed E-state index contributed by atoms with van der Waals surface area (Å²) < 4.78 is 13.4. The van der Waals surface area contributed by atoms with E-state index >= 15 is 0 Å². The van der Waals surface area contributed by atoms with Crippen molar-refractivity contribution >= 4 is 35.0 Å². The van der Waals surface area contributed by atoms with Crippen LogP contribution in [0.2, 0.25) is 5.02 Å². The normalized spacial score (nSPS) is 15.1. The Morgan fingerprint density at radius 3 is 2.38 bits per heavy atom. The molecule has 5 rings (SSSR count). The molecule has 0 saturated carbocycles. The Balaban J connectivity index is 1.48. The van der Waals surface area contributed by atoms with E-state index in [1.165, 1.54) is 11.3 Å². The molecule has 1 aliphatic rings. The van der Waals surface area contributed by atoms with E-state index in [1.807, 2.05) is 85.8 Å². The van der Waals surface area contributed by atoms with Crippen molar-refractivity contribution < 1.29 is 14.3 Å². The molecule has 3 aromatic carbocycles. The number of fused-ring (bicyclic) bond motifs is 1. The number of esters is 1. The fraction of sp³-hybridized carbons (Fsp3) is 0.194. The average Bonchev–Trinajstić information content (AvgIpc) is 3.23. The van der Waals surface area contributed by atoms with Crippen molar-refractivity contribution in [3.05, 3.63) is 131 Å². The summed E-state index contributed by atoms with van der Waals surface area (Å²) in [6.07, 6.45) is 1.84. The Hall–Kier alpha value is -3.94. The first kappa shape index (κ1) is 26.7. The predicted octanol–water partition coefficient (Wildman–Crippen LogP) is 5.34. The van der Waals surface area contributed by atoms with Gasteiger partial charge < -0.3 is 9.47 Å². The second kappa shape index (κ2) is 11.4. The van der Waals surface area contributed by atoms with Crippen LogP contribution in [0.5, 0.6) is 5.75 Å². The number of allylic oxidation sites excluding steroid dienone is 1. The van der Waals surface area contributed by atoms with Gasteiger partial charge in [-0.3, -0.25) is 9.36 Å². The Kier molecular flexibility index (Phi) is 7.82. The van der Waals surface area contributed by atoms with Crippen LogP contribution in [-0.4, -0.2) is 17.1 Å². The highest BCUT2D eigenvalue weighted by atomic mass is 35.5. The average molecular weight is 559 g/mol. The minimum atomic E-state index is -0.619. The zero-order chi connectivity index (χ0) is 27.5. The van der Waals surface area contributed by atoms with Gasteiger partial charge in [-0.1, -0.05) is 77.0 Å². The van der Waals surface area contributed by atoms with E-state index in [0.29, 0.717) is 32.2 Å². The molecule has 2 heterocycles. The fourth-order valence-electron chi connectivity index (χ4n) is 4.41. The number of aryl methyl sites for hydroxylation is 1. The zero-order valence-corrected chi connectivity index (χ0v) is 23.4. The van der Waals surface area contributed by atoms with Gasteiger partial charge in [0.15, 0.2) is 4.80 Å². The van der Waals surface area contributed by atoms with E-state index in [4.69, 9.17) is 21.1 Å². The molecule has 0 amide bonds. The second-order valence-corrected chi connectivity index (χ2v) is 10.6. The number of rotatable bonds is 7. The molecule has 0 bridgehead atoms. The van der Waals surface area contributed by atoms with Crippen molar-refractivity contribution in [2.24, 2.45) is 4.99 Å². The molecular formula is C31H27ClN2O4S. The maximum atomic E-state index is 13.7. The molecule has 0 N–H and O–H groups in total. The summed E-state index contributed by atoms with van der Waals surface area (Å²) in [5.41, 5.74) is 4.51. The first-order chi connectivity index (χ1) is 18.8. The van der Waals surface area contributed by atoms with Crippen LogP contribution < -0.4 is 19.6 Å². The lowest BCUT2D eigenvalue weighted by Gasteiger charge is -2.24. The number of hydrogen-bond donors (Lipinski definition) is 0. The van der Waals surface area contributed by atoms with Gasteiger partial charge in [-0.2, -0.15) is 0 Å². The van der Waals surface area contributed by atoms with E-state index in [2.05, 4.69) is 4.99 Å². The number of aromatic nitrogens is 1. The highest BCUT2D eigenvalue weighted by Crippen LogP contribution is 2.30. The summed E-state index contributed by atoms with van der Waals surface area (Å²) in [6.45, 7) is 6.21. The van der Waals surface area contributed by atoms with Crippen molar-refractivity contribution in [3.63, 3.8) is 0 Å². The number of halogens is 1. The van der Waals surface area contributed by atoms with Crippen molar-refractivity contribution in [2.75, 3.05) is 6.61 Å². The van der Waals surface area contributed by atoms with E-state index in [1.54, 1.807) is 18.4 Å². The Bertz CT molecular complexity index is 1720. The van der Waals surface area contributed by atoms with E-state index in [0.717, 1.165) is 28.0 Å². The Labute approximate surface area is 235 Å². The highest BCUT2D eigenvalue weighted by molar-refractivity contribution is 7.07. The molecular weight excluding hydrogens is 532 g/mol. The summed E-state index contributed by atoms with van der Waals surface area (Å²) in [5, 5.41) is 0.686. The van der Waals surface area contributed by atoms with Gasteiger partial charge in [0, 0.05) is 5.02 Å². The summed E-state index contributed by atoms with van der Waals surface area (Å²) >= 11 is 7.25. The Morgan fingerprint density at radius 2 is 1.72 bits per heavy atom. The Morgan fingerprint density at radius 1 is 1.03 bits per heavy atom. The van der Waals surface area contributed by atoms with Crippen molar-refractivity contribution in [1.29, 1.82) is 0 Å². The third kappa shape index (κ3) is 5.75. The topological polar surface area (TPSA) is 69.9 Å². The molecule has 1 unspecified atom stereocenters. The van der Waals surface area contributed by atoms with Gasteiger partial charge in [-0.15, -0.1) is 0 Å². The van der Waals surface area contributed by atoms with Crippen LogP contribution in [0, 0.1) is 6.92 Å². The van der Waals surface area contributed by atoms with Crippen LogP contribution in [0.4, 0.5) is 0 Å². The number of hydrogen-bond acceptors (Lipinski definition) is 6. The van der Waals surface area contributed by atoms with Gasteiger partial charge in [-0.25, -0.2) is 9.79 Å². The quantitative estimate of drug-likeness (QED) is 0.287. The van der Waals surface area contributed by atoms with E-state index in [9.17, 15) is 9.59 Å². The molecule has 6 nitrogen and oxygen atoms in total. The van der Waals surface area contributed by atoms with E-state index < -0.39 is 12.0 Å². The van der Waals surface area contributed by atoms with Gasteiger partial charge in [0.05, 0.1) is 28.5 Å². The molecule has 0 spiro atoms. The summed E-state index contributed by atoms with van der Waals surface area (Å²) in [6, 6.07) is 22.3. The standard InChI is InChI=1S/C31H27ClN2O4S/c1-4-37-30(36)27-20(3)33-31-34(28(27)23-11-5-19(2)6-12-23)29(35)26(39-31)17-21-9-15-25(16-10-21)38-18-22-7-13-24(32)14-8-22/h5-17,28H,4,18H2,1-3H3. The van der Waals surface area contributed by atoms with Crippen LogP contribution in [0.15, 0.2) is 93.9 Å². The lowest BCUT2D eigenvalue weighted by atomic mass is 9.95. The largest absolute Gasteiger partial charge is 0.489 e. The molecule has 8 heteroatoms. The molecule has 1 aliphatic heterocycles. The number of nitrogens with zero attached hydrogens (tertiary/aromatic N) is 2. The number of thiazole rings is 1. The number of carbonyl (C=O) groups is 1. The summed E-state index contributed by atoms with van der Waals surface area (Å²) in [7, 11) is 0. The van der Waals surface area contributed by atoms with Gasteiger partial charge in [0.2, 0.25) is 0 Å². The van der Waals surface area contributed by atoms with Gasteiger partial charge in [-0.05, 0) is 67.8 Å². The number of ether oxygens (including phenoxy) is 2. The minimum absolute atomic E-state index is 0.207. The van der Waals surface area contributed by atoms with E-state index in [-0.39, 0.29) is 12.2 Å². The first-order valence-electron chi connectivity index (χ1n) is 12.6. The molecule has 0 aliphatic carbocycles. The van der Waals surface area contributed by atoms with Gasteiger partial charge in [0.25, 0.3) is 5.56 Å². The summed E-state index contributed by atoms with van der Waals surface area (Å²) in [5.74, 6) is 0.255. The first-order valence-corrected chi connectivity index (χ1v) is 13.8. The molecule has 0 radical (unpaired) electrons. The highest BCUT2D eigenvalue weighted by Gasteiger charge is 2.33. The van der Waals surface area contributed by atoms with Crippen LogP contribution in [0.3, 0.4) is 0 Å². The third-order valence-electron chi connectivity index (χ3n) is 6.41. The van der Waals surface area contributed by atoms with Crippen molar-refractivity contribution in [2.45, 2.75) is 33.4 Å². The van der Waals surface area contributed by atoms with Crippen molar-refractivity contribution in [3.8, 4) is 5.75 Å². The van der Waals surface area contributed by atoms with Crippen LogP contribution in [0.1, 0.15) is 42.1 Å². The third-order valence-corrected chi connectivity index (χ3v) is 7.64. The number of carbonyl (C=O) groups excluding carboxylic acids is 1. The molecule has 1 atom stereocenters. The van der Waals surface area contributed by atoms with Crippen molar-refractivity contribution in [1.82, 2.24) is 4.57 Å². The molecule has 0 fully saturated rings. The molecule has 198 valence electrons. The zero-order valence-electron chi connectivity index (χ0n) is 21.8. The molecule has 1 aromatic heterocycles. The second-order valence-electron chi connectivity index (χ2n) is 9.20. The monoisotopic (exact) mass is 558 g/mol. The maximum Gasteiger partial charge on any atom is 0.338 e. The van der Waals surface area contributed by atoms with Gasteiger partial charge in [0.1, 0.15) is 12.4 Å². The number of benzene rings is 3. The molecule has 0 saturated heterocycles. The smallest absolute Gasteiger partial charge is 0.338 e. The summed E-state index contributed by atoms with van der Waals surface area (Å²) in [4.78, 5) is 31.9. The SMILES string of the molecule is CCOC(=O)C1=C(C)N=c2sc(=Cc3ccc(OCc4ccc(Cl)cc4)cc3)c(=O)n2C1c1ccc(C)cc1. The van der Waals surface area contributed by atoms with Crippen LogP contribution in [-0.2, 0) is 16.1 Å². The maximum absolute atomic E-state index is 13.7. The van der Waals surface area contributed by atoms with Crippen LogP contribution in [0.25, 0.3) is 6.08 Å². The van der Waals surface area contributed by atoms with Crippen LogP contribution >= 0.6 is 22.9 Å². The lowest BCUT2D eigenvalue weighted by molar-refractivity contribution is -0.139.